The van der Waals surface area contributed by atoms with Crippen molar-refractivity contribution in [1.29, 1.82) is 0 Å². The topological polar surface area (TPSA) is 169 Å². The first kappa shape index (κ1) is 34.8. The fourth-order valence-electron chi connectivity index (χ4n) is 1.21. The molecule has 0 aromatic carbocycles. The first-order valence-electron chi connectivity index (χ1n) is 4.25. The summed E-state index contributed by atoms with van der Waals surface area (Å²) in [5.74, 6) is -5.25. The Morgan fingerprint density at radius 2 is 1.24 bits per heavy atom. The third kappa shape index (κ3) is 11.7. The number of rotatable bonds is 7. The molecule has 0 aliphatic carbocycles. The van der Waals surface area contributed by atoms with Crippen molar-refractivity contribution in [2.45, 2.75) is 24.4 Å². The molecule has 0 heterocycles. The van der Waals surface area contributed by atoms with Crippen LogP contribution >= 0.6 is 7.60 Å². The Bertz CT molecular complexity index is 398. The summed E-state index contributed by atoms with van der Waals surface area (Å²) in [6.07, 6.45) is -3.17. The van der Waals surface area contributed by atoms with Crippen LogP contribution in [0.5, 0.6) is 0 Å². The Kier molecular flexibility index (Phi) is 24.6. The maximum absolute atomic E-state index is 11.1. The van der Waals surface area contributed by atoms with Crippen molar-refractivity contribution < 1.29 is 44.1 Å². The Balaban J connectivity index is -0.000000213. The second-order valence-electron chi connectivity index (χ2n) is 3.35. The standard InChI is InChI=1S/C7H11O9P.4Na.4H/c8-4(9)1-2-7(6(12)13,3-5(10)11)17(14,15)16;;;;;;;;/h1-3H2,(H,8,9)(H,10,11)(H,12,13)(H2,14,15,16);;;;;;;;. The van der Waals surface area contributed by atoms with Gasteiger partial charge in [0.05, 0.1) is 6.42 Å². The molecule has 0 aliphatic heterocycles. The number of aliphatic carboxylic acids is 3. The van der Waals surface area contributed by atoms with E-state index in [0.717, 1.165) is 0 Å². The second kappa shape index (κ2) is 14.9. The summed E-state index contributed by atoms with van der Waals surface area (Å²) in [6.45, 7) is 0. The molecular formula is C7H15Na4O9P. The van der Waals surface area contributed by atoms with Crippen LogP contribution in [0.25, 0.3) is 0 Å². The Morgan fingerprint density at radius 3 is 1.43 bits per heavy atom. The van der Waals surface area contributed by atoms with Crippen molar-refractivity contribution in [2.75, 3.05) is 0 Å². The van der Waals surface area contributed by atoms with Crippen LogP contribution in [0.2, 0.25) is 0 Å². The molecular weight excluding hydrogens is 351 g/mol. The summed E-state index contributed by atoms with van der Waals surface area (Å²) < 4.78 is 11.1. The van der Waals surface area contributed by atoms with E-state index in [1.54, 1.807) is 0 Å². The number of carboxylic acid groups (broad SMARTS) is 3. The van der Waals surface area contributed by atoms with Gasteiger partial charge < -0.3 is 25.1 Å². The van der Waals surface area contributed by atoms with Gasteiger partial charge in [-0.3, -0.25) is 18.9 Å². The number of hydrogen-bond donors (Lipinski definition) is 5. The SMILES string of the molecule is O=C(O)CCC(CC(=O)O)(C(=O)O)P(=O)(O)O.[NaH].[NaH].[NaH].[NaH]. The van der Waals surface area contributed by atoms with Gasteiger partial charge in [0.2, 0.25) is 0 Å². The second-order valence-corrected chi connectivity index (χ2v) is 5.29. The molecule has 0 saturated carbocycles. The zero-order valence-electron chi connectivity index (χ0n) is 8.44. The van der Waals surface area contributed by atoms with Gasteiger partial charge in [-0.1, -0.05) is 0 Å². The van der Waals surface area contributed by atoms with Crippen LogP contribution in [0, 0.1) is 0 Å². The van der Waals surface area contributed by atoms with Gasteiger partial charge in [0.15, 0.2) is 5.16 Å². The summed E-state index contributed by atoms with van der Waals surface area (Å²) >= 11 is 0. The van der Waals surface area contributed by atoms with Gasteiger partial charge in [-0.05, 0) is 6.42 Å². The molecule has 0 aliphatic rings. The molecule has 0 radical (unpaired) electrons. The molecule has 0 aromatic rings. The molecule has 0 bridgehead atoms. The Labute approximate surface area is 209 Å². The number of hydrogen-bond acceptors (Lipinski definition) is 4. The molecule has 0 fully saturated rings. The van der Waals surface area contributed by atoms with Crippen LogP contribution in [0.15, 0.2) is 0 Å². The summed E-state index contributed by atoms with van der Waals surface area (Å²) in [5, 5.41) is 22.7. The van der Waals surface area contributed by atoms with Gasteiger partial charge in [0.1, 0.15) is 0 Å². The van der Waals surface area contributed by atoms with E-state index < -0.39 is 49.9 Å². The third-order valence-corrected chi connectivity index (χ3v) is 3.84. The fourth-order valence-corrected chi connectivity index (χ4v) is 2.20. The molecule has 1 atom stereocenters. The molecule has 0 spiro atoms. The van der Waals surface area contributed by atoms with Gasteiger partial charge in [-0.2, -0.15) is 0 Å². The molecule has 9 nitrogen and oxygen atoms in total. The van der Waals surface area contributed by atoms with Crippen LogP contribution in [-0.2, 0) is 18.9 Å². The van der Waals surface area contributed by atoms with E-state index in [1.807, 2.05) is 0 Å². The van der Waals surface area contributed by atoms with Crippen LogP contribution in [0.4, 0.5) is 0 Å². The van der Waals surface area contributed by atoms with Crippen molar-refractivity contribution in [3.05, 3.63) is 0 Å². The van der Waals surface area contributed by atoms with Crippen LogP contribution in [0.1, 0.15) is 19.3 Å². The molecule has 106 valence electrons. The van der Waals surface area contributed by atoms with Crippen molar-refractivity contribution in [3.63, 3.8) is 0 Å². The van der Waals surface area contributed by atoms with Crippen LogP contribution in [-0.4, -0.2) is 166 Å². The van der Waals surface area contributed by atoms with Gasteiger partial charge in [-0.25, -0.2) is 0 Å². The van der Waals surface area contributed by atoms with E-state index in [0.29, 0.717) is 0 Å². The van der Waals surface area contributed by atoms with Crippen LogP contribution in [0.3, 0.4) is 0 Å². The van der Waals surface area contributed by atoms with Gasteiger partial charge in [-0.15, -0.1) is 0 Å². The molecule has 0 aromatic heterocycles. The van der Waals surface area contributed by atoms with E-state index in [-0.39, 0.29) is 118 Å². The van der Waals surface area contributed by atoms with E-state index in [4.69, 9.17) is 25.1 Å². The molecule has 0 rings (SSSR count). The zero-order valence-corrected chi connectivity index (χ0v) is 9.33. The zero-order chi connectivity index (χ0) is 13.9. The fraction of sp³-hybridized carbons (Fsp3) is 0.571. The Morgan fingerprint density at radius 1 is 0.857 bits per heavy atom. The van der Waals surface area contributed by atoms with Crippen molar-refractivity contribution in [3.8, 4) is 0 Å². The number of carbonyl (C=O) groups is 3. The molecule has 14 heteroatoms. The molecule has 1 unspecified atom stereocenters. The number of carboxylic acids is 3. The molecule has 0 saturated heterocycles. The summed E-state index contributed by atoms with van der Waals surface area (Å²) in [6, 6.07) is 0. The van der Waals surface area contributed by atoms with E-state index in [9.17, 15) is 18.9 Å². The monoisotopic (exact) mass is 366 g/mol. The Hall–Kier alpha value is 2.56. The van der Waals surface area contributed by atoms with E-state index in [2.05, 4.69) is 0 Å². The third-order valence-electron chi connectivity index (χ3n) is 2.15. The van der Waals surface area contributed by atoms with Gasteiger partial charge in [0.25, 0.3) is 0 Å². The molecule has 5 N–H and O–H groups in total. The van der Waals surface area contributed by atoms with Crippen molar-refractivity contribution in [1.82, 2.24) is 0 Å². The summed E-state index contributed by atoms with van der Waals surface area (Å²) in [7, 11) is -5.32. The summed E-state index contributed by atoms with van der Waals surface area (Å²) in [4.78, 5) is 49.5. The average molecular weight is 366 g/mol. The van der Waals surface area contributed by atoms with E-state index in [1.165, 1.54) is 0 Å². The minimum atomic E-state index is -5.32. The van der Waals surface area contributed by atoms with Gasteiger partial charge in [0, 0.05) is 6.42 Å². The predicted octanol–water partition coefficient (Wildman–Crippen LogP) is -3.27. The maximum atomic E-state index is 11.1. The van der Waals surface area contributed by atoms with E-state index >= 15 is 0 Å². The summed E-state index contributed by atoms with van der Waals surface area (Å²) in [5.41, 5.74) is 0. The van der Waals surface area contributed by atoms with Crippen molar-refractivity contribution >= 4 is 144 Å². The van der Waals surface area contributed by atoms with Crippen LogP contribution < -0.4 is 0 Å². The van der Waals surface area contributed by atoms with Gasteiger partial charge >= 0.3 is 144 Å². The minimum absolute atomic E-state index is 0. The van der Waals surface area contributed by atoms with Crippen molar-refractivity contribution in [2.24, 2.45) is 0 Å². The first-order chi connectivity index (χ1) is 7.53. The molecule has 0 amide bonds. The average Bonchev–Trinajstić information content (AvgIpc) is 2.08. The molecule has 21 heavy (non-hydrogen) atoms. The first-order valence-corrected chi connectivity index (χ1v) is 5.87. The quantitative estimate of drug-likeness (QED) is 0.229. The normalized spacial score (nSPS) is 12.1. The predicted molar refractivity (Wildman–Crippen MR) is 80.1 cm³/mol.